The van der Waals surface area contributed by atoms with Gasteiger partial charge in [0, 0.05) is 11.6 Å². The van der Waals surface area contributed by atoms with Crippen LogP contribution in [0.4, 0.5) is 19.0 Å². The molecule has 0 saturated heterocycles. The Labute approximate surface area is 113 Å². The van der Waals surface area contributed by atoms with Crippen molar-refractivity contribution in [1.82, 2.24) is 9.55 Å². The monoisotopic (exact) mass is 283 g/mol. The summed E-state index contributed by atoms with van der Waals surface area (Å²) in [5.41, 5.74) is 7.25. The third-order valence-electron chi connectivity index (χ3n) is 3.13. The molecule has 0 aliphatic heterocycles. The number of nitrogen functional groups attached to an aromatic ring is 1. The van der Waals surface area contributed by atoms with Crippen molar-refractivity contribution in [1.29, 1.82) is 0 Å². The number of anilines is 1. The number of hydrogen-bond acceptors (Lipinski definition) is 3. The molecule has 7 heteroatoms. The van der Waals surface area contributed by atoms with Crippen molar-refractivity contribution >= 4 is 5.82 Å². The first-order chi connectivity index (χ1) is 9.44. The van der Waals surface area contributed by atoms with E-state index in [0.717, 1.165) is 12.8 Å². The number of benzene rings is 1. The Morgan fingerprint density at radius 3 is 2.40 bits per heavy atom. The molecule has 4 nitrogen and oxygen atoms in total. The molecule has 0 bridgehead atoms. The maximum absolute atomic E-state index is 12.1. The van der Waals surface area contributed by atoms with Crippen LogP contribution in [0.5, 0.6) is 5.75 Å². The molecule has 1 aliphatic rings. The Morgan fingerprint density at radius 1 is 1.20 bits per heavy atom. The molecule has 1 saturated carbocycles. The maximum Gasteiger partial charge on any atom is 0.573 e. The summed E-state index contributed by atoms with van der Waals surface area (Å²) in [6.07, 6.45) is -0.854. The van der Waals surface area contributed by atoms with E-state index < -0.39 is 6.36 Å². The number of imidazole rings is 1. The van der Waals surface area contributed by atoms with Crippen LogP contribution in [0.25, 0.3) is 11.3 Å². The molecule has 0 unspecified atom stereocenters. The predicted molar refractivity (Wildman–Crippen MR) is 67.0 cm³/mol. The van der Waals surface area contributed by atoms with Crippen LogP contribution in [0.15, 0.2) is 30.6 Å². The van der Waals surface area contributed by atoms with E-state index in [2.05, 4.69) is 9.72 Å². The largest absolute Gasteiger partial charge is 0.573 e. The van der Waals surface area contributed by atoms with Gasteiger partial charge in [-0.2, -0.15) is 0 Å². The van der Waals surface area contributed by atoms with Gasteiger partial charge >= 0.3 is 6.36 Å². The fourth-order valence-electron chi connectivity index (χ4n) is 2.05. The van der Waals surface area contributed by atoms with Gasteiger partial charge in [0.05, 0.1) is 6.33 Å². The lowest BCUT2D eigenvalue weighted by Crippen LogP contribution is -2.16. The first-order valence-electron chi connectivity index (χ1n) is 6.12. The van der Waals surface area contributed by atoms with Gasteiger partial charge in [-0.15, -0.1) is 13.2 Å². The molecule has 1 aromatic carbocycles. The first-order valence-corrected chi connectivity index (χ1v) is 6.12. The number of rotatable bonds is 3. The van der Waals surface area contributed by atoms with Crippen LogP contribution in [0.3, 0.4) is 0 Å². The number of nitrogens with two attached hydrogens (primary N) is 1. The van der Waals surface area contributed by atoms with Crippen molar-refractivity contribution in [3.8, 4) is 17.0 Å². The highest BCUT2D eigenvalue weighted by molar-refractivity contribution is 5.71. The quantitative estimate of drug-likeness (QED) is 0.939. The summed E-state index contributed by atoms with van der Waals surface area (Å²) < 4.78 is 41.9. The molecule has 2 aromatic rings. The van der Waals surface area contributed by atoms with Crippen LogP contribution >= 0.6 is 0 Å². The van der Waals surface area contributed by atoms with Gasteiger partial charge in [-0.1, -0.05) is 0 Å². The molecule has 1 heterocycles. The number of aromatic nitrogens is 2. The van der Waals surface area contributed by atoms with Gasteiger partial charge in [0.2, 0.25) is 0 Å². The fourth-order valence-corrected chi connectivity index (χ4v) is 2.05. The number of nitrogens with zero attached hydrogens (tertiary/aromatic N) is 2. The van der Waals surface area contributed by atoms with Gasteiger partial charge in [-0.05, 0) is 37.1 Å². The smallest absolute Gasteiger partial charge is 0.406 e. The van der Waals surface area contributed by atoms with Crippen molar-refractivity contribution < 1.29 is 17.9 Å². The standard InChI is InChI=1S/C13H12F3N3O/c14-13(15,16)20-10-5-1-8(2-6-10)11-12(17)19(7-18-11)9-3-4-9/h1-2,5-7,9H,3-4,17H2. The van der Waals surface area contributed by atoms with E-state index in [9.17, 15) is 13.2 Å². The van der Waals surface area contributed by atoms with Gasteiger partial charge in [-0.3, -0.25) is 0 Å². The van der Waals surface area contributed by atoms with E-state index in [0.29, 0.717) is 23.1 Å². The minimum atomic E-state index is -4.69. The Balaban J connectivity index is 1.84. The molecule has 3 rings (SSSR count). The summed E-state index contributed by atoms with van der Waals surface area (Å²) in [5.74, 6) is 0.276. The van der Waals surface area contributed by atoms with Crippen LogP contribution in [0.2, 0.25) is 0 Å². The van der Waals surface area contributed by atoms with E-state index in [1.807, 2.05) is 4.57 Å². The molecule has 106 valence electrons. The van der Waals surface area contributed by atoms with E-state index in [1.54, 1.807) is 6.33 Å². The Kier molecular flexibility index (Phi) is 2.84. The summed E-state index contributed by atoms with van der Waals surface area (Å²) in [5, 5.41) is 0. The summed E-state index contributed by atoms with van der Waals surface area (Å²) in [6.45, 7) is 0. The normalized spacial score (nSPS) is 15.3. The van der Waals surface area contributed by atoms with Crippen molar-refractivity contribution in [3.05, 3.63) is 30.6 Å². The van der Waals surface area contributed by atoms with E-state index in [4.69, 9.17) is 5.73 Å². The molecule has 0 amide bonds. The average molecular weight is 283 g/mol. The lowest BCUT2D eigenvalue weighted by molar-refractivity contribution is -0.274. The molecular weight excluding hydrogens is 271 g/mol. The van der Waals surface area contributed by atoms with Gasteiger partial charge in [-0.25, -0.2) is 4.98 Å². The second kappa shape index (κ2) is 4.43. The van der Waals surface area contributed by atoms with E-state index >= 15 is 0 Å². The summed E-state index contributed by atoms with van der Waals surface area (Å²) >= 11 is 0. The van der Waals surface area contributed by atoms with Crippen molar-refractivity contribution in [3.63, 3.8) is 0 Å². The number of hydrogen-bond donors (Lipinski definition) is 1. The van der Waals surface area contributed by atoms with Gasteiger partial charge in [0.15, 0.2) is 0 Å². The van der Waals surface area contributed by atoms with Crippen LogP contribution in [-0.2, 0) is 0 Å². The fraction of sp³-hybridized carbons (Fsp3) is 0.308. The molecule has 0 radical (unpaired) electrons. The zero-order chi connectivity index (χ0) is 14.3. The molecule has 1 aromatic heterocycles. The SMILES string of the molecule is Nc1c(-c2ccc(OC(F)(F)F)cc2)ncn1C1CC1. The molecule has 0 atom stereocenters. The minimum absolute atomic E-state index is 0.263. The number of alkyl halides is 3. The van der Waals surface area contributed by atoms with E-state index in [1.165, 1.54) is 24.3 Å². The molecule has 1 aliphatic carbocycles. The van der Waals surface area contributed by atoms with Crippen LogP contribution in [-0.4, -0.2) is 15.9 Å². The topological polar surface area (TPSA) is 53.1 Å². The Hall–Kier alpha value is -2.18. The molecule has 1 fully saturated rings. The van der Waals surface area contributed by atoms with Crippen LogP contribution in [0, 0.1) is 0 Å². The molecule has 2 N–H and O–H groups in total. The highest BCUT2D eigenvalue weighted by atomic mass is 19.4. The van der Waals surface area contributed by atoms with E-state index in [-0.39, 0.29) is 5.75 Å². The zero-order valence-corrected chi connectivity index (χ0v) is 10.4. The first kappa shape index (κ1) is 12.8. The highest BCUT2D eigenvalue weighted by Crippen LogP contribution is 2.39. The van der Waals surface area contributed by atoms with Crippen LogP contribution < -0.4 is 10.5 Å². The third-order valence-corrected chi connectivity index (χ3v) is 3.13. The Bertz CT molecular complexity index is 615. The second-order valence-electron chi connectivity index (χ2n) is 4.69. The summed E-state index contributed by atoms with van der Waals surface area (Å²) in [6, 6.07) is 5.93. The lowest BCUT2D eigenvalue weighted by Gasteiger charge is -2.09. The van der Waals surface area contributed by atoms with Crippen molar-refractivity contribution in [2.24, 2.45) is 0 Å². The maximum atomic E-state index is 12.1. The molecular formula is C13H12F3N3O. The number of halogens is 3. The Morgan fingerprint density at radius 2 is 1.85 bits per heavy atom. The van der Waals surface area contributed by atoms with Gasteiger partial charge in [0.1, 0.15) is 17.3 Å². The number of ether oxygens (including phenoxy) is 1. The van der Waals surface area contributed by atoms with Gasteiger partial charge < -0.3 is 15.0 Å². The summed E-state index contributed by atoms with van der Waals surface area (Å²) in [7, 11) is 0. The van der Waals surface area contributed by atoms with Crippen molar-refractivity contribution in [2.45, 2.75) is 25.2 Å². The third kappa shape index (κ3) is 2.56. The second-order valence-corrected chi connectivity index (χ2v) is 4.69. The minimum Gasteiger partial charge on any atom is -0.406 e. The van der Waals surface area contributed by atoms with Gasteiger partial charge in [0.25, 0.3) is 0 Å². The van der Waals surface area contributed by atoms with Crippen molar-refractivity contribution in [2.75, 3.05) is 5.73 Å². The lowest BCUT2D eigenvalue weighted by atomic mass is 10.1. The molecule has 20 heavy (non-hydrogen) atoms. The zero-order valence-electron chi connectivity index (χ0n) is 10.4. The predicted octanol–water partition coefficient (Wildman–Crippen LogP) is 3.37. The summed E-state index contributed by atoms with van der Waals surface area (Å²) in [4.78, 5) is 4.23. The average Bonchev–Trinajstić information content (AvgIpc) is 3.13. The van der Waals surface area contributed by atoms with Crippen LogP contribution in [0.1, 0.15) is 18.9 Å². The highest BCUT2D eigenvalue weighted by Gasteiger charge is 2.31. The molecule has 0 spiro atoms.